The maximum Gasteiger partial charge on any atom is 0.125 e. The van der Waals surface area contributed by atoms with Crippen LogP contribution in [0.2, 0.25) is 10.0 Å². The lowest BCUT2D eigenvalue weighted by molar-refractivity contribution is 0.190. The molecule has 5 heteroatoms. The molecule has 0 aliphatic carbocycles. The topological polar surface area (TPSA) is 29.5 Å². The van der Waals surface area contributed by atoms with Crippen LogP contribution in [-0.2, 0) is 6.61 Å². The van der Waals surface area contributed by atoms with Crippen molar-refractivity contribution in [1.29, 1.82) is 0 Å². The molecule has 1 atom stereocenters. The van der Waals surface area contributed by atoms with Gasteiger partial charge in [0.2, 0.25) is 0 Å². The van der Waals surface area contributed by atoms with Gasteiger partial charge in [0, 0.05) is 21.2 Å². The quantitative estimate of drug-likeness (QED) is 0.881. The van der Waals surface area contributed by atoms with Crippen molar-refractivity contribution in [1.82, 2.24) is 0 Å². The van der Waals surface area contributed by atoms with Crippen molar-refractivity contribution in [2.45, 2.75) is 19.6 Å². The van der Waals surface area contributed by atoms with Gasteiger partial charge in [-0.1, -0.05) is 23.2 Å². The van der Waals surface area contributed by atoms with E-state index in [0.717, 1.165) is 0 Å². The van der Waals surface area contributed by atoms with Crippen molar-refractivity contribution in [3.05, 3.63) is 63.4 Å². The van der Waals surface area contributed by atoms with Crippen LogP contribution >= 0.6 is 23.2 Å². The molecule has 0 spiro atoms. The van der Waals surface area contributed by atoms with E-state index in [1.165, 1.54) is 18.2 Å². The summed E-state index contributed by atoms with van der Waals surface area (Å²) in [6.07, 6.45) is -0.716. The largest absolute Gasteiger partial charge is 0.488 e. The zero-order valence-electron chi connectivity index (χ0n) is 10.7. The Morgan fingerprint density at radius 3 is 2.65 bits per heavy atom. The lowest BCUT2D eigenvalue weighted by Gasteiger charge is -2.14. The predicted octanol–water partition coefficient (Wildman–Crippen LogP) is 4.76. The fourth-order valence-corrected chi connectivity index (χ4v) is 2.14. The Morgan fingerprint density at radius 2 is 1.95 bits per heavy atom. The molecule has 1 N–H and O–H groups in total. The number of hydrogen-bond donors (Lipinski definition) is 1. The molecule has 0 radical (unpaired) electrons. The lowest BCUT2D eigenvalue weighted by atomic mass is 10.1. The molecule has 106 valence electrons. The normalized spacial score (nSPS) is 12.2. The van der Waals surface area contributed by atoms with Gasteiger partial charge in [-0.2, -0.15) is 0 Å². The van der Waals surface area contributed by atoms with Gasteiger partial charge >= 0.3 is 0 Å². The van der Waals surface area contributed by atoms with Gasteiger partial charge in [0.05, 0.1) is 6.10 Å². The van der Waals surface area contributed by atoms with Crippen LogP contribution in [0.4, 0.5) is 4.39 Å². The lowest BCUT2D eigenvalue weighted by Crippen LogP contribution is -2.02. The van der Waals surface area contributed by atoms with Crippen molar-refractivity contribution in [2.24, 2.45) is 0 Å². The Bertz CT molecular complexity index is 615. The van der Waals surface area contributed by atoms with Crippen LogP contribution in [0.15, 0.2) is 36.4 Å². The maximum atomic E-state index is 13.2. The zero-order chi connectivity index (χ0) is 14.7. The third kappa shape index (κ3) is 3.63. The van der Waals surface area contributed by atoms with E-state index in [9.17, 15) is 9.50 Å². The van der Waals surface area contributed by atoms with Crippen LogP contribution in [-0.4, -0.2) is 5.11 Å². The molecule has 2 aromatic carbocycles. The molecule has 0 aliphatic heterocycles. The minimum Gasteiger partial charge on any atom is -0.488 e. The maximum absolute atomic E-state index is 13.2. The van der Waals surface area contributed by atoms with E-state index >= 15 is 0 Å². The number of rotatable bonds is 4. The minimum absolute atomic E-state index is 0.109. The molecule has 20 heavy (non-hydrogen) atoms. The van der Waals surface area contributed by atoms with Crippen LogP contribution in [0.3, 0.4) is 0 Å². The molecule has 0 fully saturated rings. The van der Waals surface area contributed by atoms with E-state index in [-0.39, 0.29) is 12.4 Å². The van der Waals surface area contributed by atoms with Crippen LogP contribution in [0.5, 0.6) is 5.75 Å². The molecule has 0 unspecified atom stereocenters. The highest BCUT2D eigenvalue weighted by Crippen LogP contribution is 2.29. The average molecular weight is 315 g/mol. The number of hydrogen-bond acceptors (Lipinski definition) is 2. The van der Waals surface area contributed by atoms with Crippen LogP contribution < -0.4 is 4.74 Å². The predicted molar refractivity (Wildman–Crippen MR) is 77.8 cm³/mol. The summed E-state index contributed by atoms with van der Waals surface area (Å²) < 4.78 is 18.8. The van der Waals surface area contributed by atoms with Crippen LogP contribution in [0.25, 0.3) is 0 Å². The van der Waals surface area contributed by atoms with Crippen molar-refractivity contribution >= 4 is 23.2 Å². The third-order valence-corrected chi connectivity index (χ3v) is 3.42. The summed E-state index contributed by atoms with van der Waals surface area (Å²) in [5.41, 5.74) is 1.11. The van der Waals surface area contributed by atoms with Crippen molar-refractivity contribution in [2.75, 3.05) is 0 Å². The average Bonchev–Trinajstić information content (AvgIpc) is 2.40. The van der Waals surface area contributed by atoms with Gasteiger partial charge in [0.15, 0.2) is 0 Å². The van der Waals surface area contributed by atoms with E-state index in [4.69, 9.17) is 27.9 Å². The molecule has 0 aliphatic rings. The van der Waals surface area contributed by atoms with Gasteiger partial charge in [0.25, 0.3) is 0 Å². The van der Waals surface area contributed by atoms with Gasteiger partial charge in [-0.3, -0.25) is 0 Å². The monoisotopic (exact) mass is 314 g/mol. The summed E-state index contributed by atoms with van der Waals surface area (Å²) in [6.45, 7) is 1.73. The molecular formula is C15H13Cl2FO2. The molecule has 2 aromatic rings. The second-order valence-corrected chi connectivity index (χ2v) is 5.23. The highest BCUT2D eigenvalue weighted by Gasteiger charge is 2.11. The first-order valence-corrected chi connectivity index (χ1v) is 6.77. The van der Waals surface area contributed by atoms with Crippen LogP contribution in [0.1, 0.15) is 24.2 Å². The van der Waals surface area contributed by atoms with E-state index in [1.54, 1.807) is 25.1 Å². The van der Waals surface area contributed by atoms with Gasteiger partial charge < -0.3 is 9.84 Å². The fourth-order valence-electron chi connectivity index (χ4n) is 1.79. The first kappa shape index (κ1) is 15.1. The molecule has 2 nitrogen and oxygen atoms in total. The Morgan fingerprint density at radius 1 is 1.20 bits per heavy atom. The Kier molecular flexibility index (Phi) is 4.86. The minimum atomic E-state index is -0.716. The summed E-state index contributed by atoms with van der Waals surface area (Å²) in [4.78, 5) is 0. The van der Waals surface area contributed by atoms with E-state index < -0.39 is 6.10 Å². The molecule has 0 saturated heterocycles. The number of ether oxygens (including phenoxy) is 1. The zero-order valence-corrected chi connectivity index (χ0v) is 12.2. The van der Waals surface area contributed by atoms with E-state index in [2.05, 4.69) is 0 Å². The van der Waals surface area contributed by atoms with Gasteiger partial charge in [-0.25, -0.2) is 4.39 Å². The summed E-state index contributed by atoms with van der Waals surface area (Å²) in [5.74, 6) is 0.115. The Hall–Kier alpha value is -1.29. The standard InChI is InChI=1S/C15H13Cl2FO2/c1-9(19)13-7-11(16)2-5-15(13)20-8-10-6-12(18)3-4-14(10)17/h2-7,9,19H,8H2,1H3/t9-/m0/s1. The summed E-state index contributed by atoms with van der Waals surface area (Å²) in [5, 5.41) is 10.6. The fraction of sp³-hybridized carbons (Fsp3) is 0.200. The van der Waals surface area contributed by atoms with E-state index in [0.29, 0.717) is 26.9 Å². The number of halogens is 3. The van der Waals surface area contributed by atoms with Crippen molar-refractivity contribution < 1.29 is 14.2 Å². The van der Waals surface area contributed by atoms with Crippen LogP contribution in [0, 0.1) is 5.82 Å². The van der Waals surface area contributed by atoms with Crippen molar-refractivity contribution in [3.63, 3.8) is 0 Å². The SMILES string of the molecule is C[C@H](O)c1cc(Cl)ccc1OCc1cc(F)ccc1Cl. The summed E-state index contributed by atoms with van der Waals surface area (Å²) in [7, 11) is 0. The summed E-state index contributed by atoms with van der Waals surface area (Å²) in [6, 6.07) is 9.05. The highest BCUT2D eigenvalue weighted by molar-refractivity contribution is 6.31. The molecule has 0 heterocycles. The Labute approximate surface area is 126 Å². The van der Waals surface area contributed by atoms with Gasteiger partial charge in [-0.15, -0.1) is 0 Å². The second-order valence-electron chi connectivity index (χ2n) is 4.38. The first-order chi connectivity index (χ1) is 9.47. The van der Waals surface area contributed by atoms with Crippen molar-refractivity contribution in [3.8, 4) is 5.75 Å². The Balaban J connectivity index is 2.20. The molecular weight excluding hydrogens is 302 g/mol. The first-order valence-electron chi connectivity index (χ1n) is 6.01. The molecule has 0 saturated carbocycles. The summed E-state index contributed by atoms with van der Waals surface area (Å²) >= 11 is 11.9. The number of benzene rings is 2. The van der Waals surface area contributed by atoms with Gasteiger partial charge in [0.1, 0.15) is 18.2 Å². The molecule has 0 aromatic heterocycles. The van der Waals surface area contributed by atoms with Gasteiger partial charge in [-0.05, 0) is 43.3 Å². The molecule has 2 rings (SSSR count). The highest BCUT2D eigenvalue weighted by atomic mass is 35.5. The van der Waals surface area contributed by atoms with E-state index in [1.807, 2.05) is 0 Å². The second kappa shape index (κ2) is 6.44. The number of aliphatic hydroxyl groups is 1. The molecule has 0 bridgehead atoms. The third-order valence-electron chi connectivity index (χ3n) is 2.81. The molecule has 0 amide bonds. The number of aliphatic hydroxyl groups excluding tert-OH is 1. The smallest absolute Gasteiger partial charge is 0.125 e.